The minimum atomic E-state index is 0.255. The quantitative estimate of drug-likeness (QED) is 0.816. The topological polar surface area (TPSA) is 49.6 Å². The van der Waals surface area contributed by atoms with Crippen LogP contribution in [0.15, 0.2) is 0 Å². The maximum absolute atomic E-state index is 12.5. The summed E-state index contributed by atoms with van der Waals surface area (Å²) in [6.45, 7) is 4.20. The first kappa shape index (κ1) is 13.4. The Morgan fingerprint density at radius 2 is 1.89 bits per heavy atom. The molecule has 108 valence electrons. The highest BCUT2D eigenvalue weighted by molar-refractivity contribution is 5.76. The van der Waals surface area contributed by atoms with E-state index in [4.69, 9.17) is 5.73 Å². The predicted octanol–water partition coefficient (Wildman–Crippen LogP) is 1.20. The normalized spacial score (nSPS) is 36.3. The van der Waals surface area contributed by atoms with Crippen molar-refractivity contribution in [1.29, 1.82) is 0 Å². The number of nitrogens with zero attached hydrogens (tertiary/aromatic N) is 2. The average Bonchev–Trinajstić information content (AvgIpc) is 2.88. The number of fused-ring (bicyclic) bond motifs is 1. The first-order chi connectivity index (χ1) is 9.24. The maximum Gasteiger partial charge on any atom is 0.223 e. The van der Waals surface area contributed by atoms with E-state index in [0.29, 0.717) is 24.3 Å². The standard InChI is InChI=1S/C15H27N3O/c16-14-6-2-1-4-12(14)10-15(19)18-9-8-17-7-3-5-13(17)11-18/h12-14H,1-11,16H2. The minimum Gasteiger partial charge on any atom is -0.340 e. The molecule has 2 aliphatic heterocycles. The van der Waals surface area contributed by atoms with E-state index in [2.05, 4.69) is 9.80 Å². The van der Waals surface area contributed by atoms with Crippen LogP contribution in [-0.4, -0.2) is 54.0 Å². The number of carbonyl (C=O) groups is 1. The summed E-state index contributed by atoms with van der Waals surface area (Å²) in [7, 11) is 0. The summed E-state index contributed by atoms with van der Waals surface area (Å²) in [5.74, 6) is 0.789. The Morgan fingerprint density at radius 3 is 2.74 bits per heavy atom. The zero-order valence-corrected chi connectivity index (χ0v) is 11.9. The highest BCUT2D eigenvalue weighted by Crippen LogP contribution is 2.27. The van der Waals surface area contributed by atoms with E-state index in [1.54, 1.807) is 0 Å². The lowest BCUT2D eigenvalue weighted by atomic mass is 9.82. The average molecular weight is 265 g/mol. The molecular weight excluding hydrogens is 238 g/mol. The first-order valence-electron chi connectivity index (χ1n) is 8.01. The molecule has 0 aromatic carbocycles. The summed E-state index contributed by atoms with van der Waals surface area (Å²) < 4.78 is 0. The molecular formula is C15H27N3O. The van der Waals surface area contributed by atoms with Crippen molar-refractivity contribution in [2.24, 2.45) is 11.7 Å². The third-order valence-electron chi connectivity index (χ3n) is 5.34. The Hall–Kier alpha value is -0.610. The molecule has 0 bridgehead atoms. The van der Waals surface area contributed by atoms with Gasteiger partial charge < -0.3 is 10.6 Å². The Labute approximate surface area is 116 Å². The maximum atomic E-state index is 12.5. The van der Waals surface area contributed by atoms with Crippen LogP contribution in [-0.2, 0) is 4.79 Å². The van der Waals surface area contributed by atoms with Gasteiger partial charge in [-0.1, -0.05) is 12.8 Å². The molecule has 3 fully saturated rings. The molecule has 1 saturated carbocycles. The van der Waals surface area contributed by atoms with Gasteiger partial charge in [-0.25, -0.2) is 0 Å². The Morgan fingerprint density at radius 1 is 1.05 bits per heavy atom. The summed E-state index contributed by atoms with van der Waals surface area (Å²) in [4.78, 5) is 17.1. The summed E-state index contributed by atoms with van der Waals surface area (Å²) in [5.41, 5.74) is 6.16. The van der Waals surface area contributed by atoms with E-state index in [1.807, 2.05) is 0 Å². The van der Waals surface area contributed by atoms with E-state index < -0.39 is 0 Å². The number of piperazine rings is 1. The molecule has 3 unspecified atom stereocenters. The van der Waals surface area contributed by atoms with Gasteiger partial charge in [0.05, 0.1) is 0 Å². The number of amides is 1. The lowest BCUT2D eigenvalue weighted by Crippen LogP contribution is -2.52. The Kier molecular flexibility index (Phi) is 4.08. The lowest BCUT2D eigenvalue weighted by molar-refractivity contribution is -0.135. The predicted molar refractivity (Wildman–Crippen MR) is 75.7 cm³/mol. The summed E-state index contributed by atoms with van der Waals surface area (Å²) in [6, 6.07) is 0.892. The second-order valence-electron chi connectivity index (χ2n) is 6.58. The van der Waals surface area contributed by atoms with E-state index in [9.17, 15) is 4.79 Å². The molecule has 0 aromatic rings. The molecule has 4 heteroatoms. The van der Waals surface area contributed by atoms with Gasteiger partial charge in [0.2, 0.25) is 5.91 Å². The lowest BCUT2D eigenvalue weighted by Gasteiger charge is -2.38. The smallest absolute Gasteiger partial charge is 0.223 e. The van der Waals surface area contributed by atoms with Crippen LogP contribution in [0.4, 0.5) is 0 Å². The van der Waals surface area contributed by atoms with Gasteiger partial charge in [-0.3, -0.25) is 9.69 Å². The SMILES string of the molecule is NC1CCCCC1CC(=O)N1CCN2CCCC2C1. The van der Waals surface area contributed by atoms with Gasteiger partial charge in [-0.15, -0.1) is 0 Å². The van der Waals surface area contributed by atoms with Crippen molar-refractivity contribution in [2.45, 2.75) is 57.0 Å². The van der Waals surface area contributed by atoms with Gasteiger partial charge in [0, 0.05) is 38.1 Å². The summed E-state index contributed by atoms with van der Waals surface area (Å²) in [6.07, 6.45) is 8.01. The highest BCUT2D eigenvalue weighted by atomic mass is 16.2. The molecule has 0 radical (unpaired) electrons. The van der Waals surface area contributed by atoms with Crippen LogP contribution in [0.1, 0.15) is 44.9 Å². The third kappa shape index (κ3) is 2.95. The molecule has 1 aliphatic carbocycles. The van der Waals surface area contributed by atoms with Crippen molar-refractivity contribution in [3.8, 4) is 0 Å². The number of carbonyl (C=O) groups excluding carboxylic acids is 1. The fraction of sp³-hybridized carbons (Fsp3) is 0.933. The van der Waals surface area contributed by atoms with Gasteiger partial charge in [-0.05, 0) is 38.1 Å². The van der Waals surface area contributed by atoms with E-state index in [-0.39, 0.29) is 6.04 Å². The van der Waals surface area contributed by atoms with Crippen LogP contribution >= 0.6 is 0 Å². The van der Waals surface area contributed by atoms with Gasteiger partial charge >= 0.3 is 0 Å². The van der Waals surface area contributed by atoms with E-state index in [1.165, 1.54) is 32.2 Å². The van der Waals surface area contributed by atoms with Crippen molar-refractivity contribution >= 4 is 5.91 Å². The number of hydrogen-bond donors (Lipinski definition) is 1. The van der Waals surface area contributed by atoms with Gasteiger partial charge in [0.25, 0.3) is 0 Å². The second kappa shape index (κ2) is 5.80. The highest BCUT2D eigenvalue weighted by Gasteiger charge is 2.33. The molecule has 19 heavy (non-hydrogen) atoms. The Bertz CT molecular complexity index is 333. The van der Waals surface area contributed by atoms with Crippen LogP contribution < -0.4 is 5.73 Å². The summed E-state index contributed by atoms with van der Waals surface area (Å²) in [5, 5.41) is 0. The zero-order chi connectivity index (χ0) is 13.2. The molecule has 3 aliphatic rings. The Balaban J connectivity index is 1.52. The monoisotopic (exact) mass is 265 g/mol. The van der Waals surface area contributed by atoms with Gasteiger partial charge in [-0.2, -0.15) is 0 Å². The van der Waals surface area contributed by atoms with Crippen LogP contribution in [0, 0.1) is 5.92 Å². The first-order valence-corrected chi connectivity index (χ1v) is 8.01. The molecule has 2 heterocycles. The van der Waals surface area contributed by atoms with Crippen LogP contribution in [0.25, 0.3) is 0 Å². The van der Waals surface area contributed by atoms with Gasteiger partial charge in [0.15, 0.2) is 0 Å². The minimum absolute atomic E-state index is 0.255. The van der Waals surface area contributed by atoms with Crippen LogP contribution in [0.3, 0.4) is 0 Å². The number of hydrogen-bond acceptors (Lipinski definition) is 3. The zero-order valence-electron chi connectivity index (χ0n) is 11.9. The number of nitrogens with two attached hydrogens (primary N) is 1. The molecule has 0 spiro atoms. The molecule has 0 aromatic heterocycles. The molecule has 3 atom stereocenters. The fourth-order valence-electron chi connectivity index (χ4n) is 4.06. The van der Waals surface area contributed by atoms with Crippen molar-refractivity contribution in [3.63, 3.8) is 0 Å². The summed E-state index contributed by atoms with van der Waals surface area (Å²) >= 11 is 0. The molecule has 3 rings (SSSR count). The third-order valence-corrected chi connectivity index (χ3v) is 5.34. The second-order valence-corrected chi connectivity index (χ2v) is 6.58. The fourth-order valence-corrected chi connectivity index (χ4v) is 4.06. The number of rotatable bonds is 2. The van der Waals surface area contributed by atoms with Gasteiger partial charge in [0.1, 0.15) is 0 Å². The molecule has 2 N–H and O–H groups in total. The van der Waals surface area contributed by atoms with E-state index >= 15 is 0 Å². The van der Waals surface area contributed by atoms with Crippen LogP contribution in [0.5, 0.6) is 0 Å². The van der Waals surface area contributed by atoms with Crippen molar-refractivity contribution in [2.75, 3.05) is 26.2 Å². The van der Waals surface area contributed by atoms with Crippen molar-refractivity contribution in [1.82, 2.24) is 9.80 Å². The van der Waals surface area contributed by atoms with E-state index in [0.717, 1.165) is 32.5 Å². The molecule has 1 amide bonds. The molecule has 4 nitrogen and oxygen atoms in total. The van der Waals surface area contributed by atoms with Crippen molar-refractivity contribution in [3.05, 3.63) is 0 Å². The van der Waals surface area contributed by atoms with Crippen molar-refractivity contribution < 1.29 is 4.79 Å². The van der Waals surface area contributed by atoms with Crippen LogP contribution in [0.2, 0.25) is 0 Å². The molecule has 2 saturated heterocycles. The largest absolute Gasteiger partial charge is 0.340 e.